The van der Waals surface area contributed by atoms with E-state index in [-0.39, 0.29) is 18.9 Å². The number of nitrogens with two attached hydrogens (primary N) is 1. The van der Waals surface area contributed by atoms with Crippen LogP contribution in [0.4, 0.5) is 0 Å². The Morgan fingerprint density at radius 3 is 2.59 bits per heavy atom. The van der Waals surface area contributed by atoms with E-state index in [2.05, 4.69) is 22.2 Å². The predicted octanol–water partition coefficient (Wildman–Crippen LogP) is -0.253. The molecule has 0 aromatic rings. The van der Waals surface area contributed by atoms with Gasteiger partial charge in [-0.05, 0) is 31.1 Å². The highest BCUT2D eigenvalue weighted by molar-refractivity contribution is 6.13. The Labute approximate surface area is 160 Å². The lowest BCUT2D eigenvalue weighted by Gasteiger charge is -2.22. The molecule has 2 radical (unpaired) electrons. The molecule has 0 aliphatic carbocycles. The highest BCUT2D eigenvalue weighted by Gasteiger charge is 2.21. The third-order valence-corrected chi connectivity index (χ3v) is 3.21. The number of guanidine groups is 1. The Bertz CT molecular complexity index is 579. The number of hydrazine groups is 1. The molecule has 2 atom stereocenters. The number of aliphatic imine (C=N–C) groups is 1. The van der Waals surface area contributed by atoms with Crippen molar-refractivity contribution < 1.29 is 14.6 Å². The van der Waals surface area contributed by atoms with Gasteiger partial charge in [0.1, 0.15) is 6.04 Å². The van der Waals surface area contributed by atoms with Gasteiger partial charge in [0.15, 0.2) is 5.03 Å². The van der Waals surface area contributed by atoms with Crippen molar-refractivity contribution >= 4 is 25.6 Å². The second kappa shape index (κ2) is 13.4. The molecular formula is C16H27BN6O4. The fourth-order valence-corrected chi connectivity index (χ4v) is 2.12. The molecule has 0 bridgehead atoms. The molecule has 0 saturated heterocycles. The van der Waals surface area contributed by atoms with E-state index in [1.165, 1.54) is 18.2 Å². The molecule has 0 saturated carbocycles. The maximum atomic E-state index is 12.4. The zero-order valence-corrected chi connectivity index (χ0v) is 15.7. The van der Waals surface area contributed by atoms with Gasteiger partial charge in [-0.15, -0.1) is 0 Å². The number of nitro groups is 1. The topological polar surface area (TPSA) is 152 Å². The maximum absolute atomic E-state index is 12.4. The van der Waals surface area contributed by atoms with Crippen LogP contribution in [0.5, 0.6) is 0 Å². The molecule has 0 heterocycles. The lowest BCUT2D eigenvalue weighted by molar-refractivity contribution is -0.525. The second-order valence-corrected chi connectivity index (χ2v) is 6.18. The smallest absolute Gasteiger partial charge is 0.251 e. The van der Waals surface area contributed by atoms with Crippen molar-refractivity contribution in [3.05, 3.63) is 34.9 Å². The summed E-state index contributed by atoms with van der Waals surface area (Å²) in [5.74, 6) is -1.43. The first-order valence-electron chi connectivity index (χ1n) is 8.52. The molecule has 0 rings (SSSR count). The van der Waals surface area contributed by atoms with Gasteiger partial charge in [0.05, 0.1) is 7.85 Å². The maximum Gasteiger partial charge on any atom is 0.251 e. The number of nitrogens with zero attached hydrogens (tertiary/aromatic N) is 2. The quantitative estimate of drug-likeness (QED) is 0.0537. The molecule has 0 aliphatic heterocycles. The SMILES string of the molecule is [B][C@H](CC(C)C)NC(=O)[C@H](CCCN=C(N)N[N+](=O)[O-])NC(=O)C=CC=C. The lowest BCUT2D eigenvalue weighted by Crippen LogP contribution is -2.49. The van der Waals surface area contributed by atoms with Gasteiger partial charge in [0, 0.05) is 12.6 Å². The molecule has 0 aromatic carbocycles. The summed E-state index contributed by atoms with van der Waals surface area (Å²) in [6, 6.07) is -0.829. The average molecular weight is 378 g/mol. The first kappa shape index (κ1) is 24.2. The largest absolute Gasteiger partial charge is 0.365 e. The molecule has 0 spiro atoms. The van der Waals surface area contributed by atoms with Crippen molar-refractivity contribution in [3.63, 3.8) is 0 Å². The molecule has 10 nitrogen and oxygen atoms in total. The first-order chi connectivity index (χ1) is 12.6. The molecule has 0 unspecified atom stereocenters. The van der Waals surface area contributed by atoms with Crippen LogP contribution in [0.3, 0.4) is 0 Å². The molecular weight excluding hydrogens is 351 g/mol. The van der Waals surface area contributed by atoms with Crippen LogP contribution < -0.4 is 21.8 Å². The number of nitrogens with one attached hydrogen (secondary N) is 3. The summed E-state index contributed by atoms with van der Waals surface area (Å²) in [7, 11) is 5.88. The van der Waals surface area contributed by atoms with Crippen molar-refractivity contribution in [3.8, 4) is 0 Å². The molecule has 0 aromatic heterocycles. The Kier molecular flexibility index (Phi) is 12.0. The third-order valence-electron chi connectivity index (χ3n) is 3.21. The van der Waals surface area contributed by atoms with Crippen molar-refractivity contribution in [2.24, 2.45) is 16.6 Å². The van der Waals surface area contributed by atoms with E-state index in [0.29, 0.717) is 18.8 Å². The van der Waals surface area contributed by atoms with E-state index in [4.69, 9.17) is 13.6 Å². The van der Waals surface area contributed by atoms with Gasteiger partial charge in [0.25, 0.3) is 5.96 Å². The van der Waals surface area contributed by atoms with E-state index in [1.807, 2.05) is 13.8 Å². The average Bonchev–Trinajstić information content (AvgIpc) is 2.53. The number of rotatable bonds is 12. The van der Waals surface area contributed by atoms with E-state index >= 15 is 0 Å². The van der Waals surface area contributed by atoms with Gasteiger partial charge in [-0.2, -0.15) is 0 Å². The van der Waals surface area contributed by atoms with Gasteiger partial charge in [-0.3, -0.25) is 9.59 Å². The first-order valence-corrected chi connectivity index (χ1v) is 8.52. The summed E-state index contributed by atoms with van der Waals surface area (Å²) >= 11 is 0. The number of hydrogen-bond acceptors (Lipinski definition) is 5. The van der Waals surface area contributed by atoms with Crippen LogP contribution in [0, 0.1) is 16.0 Å². The fraction of sp³-hybridized carbons (Fsp3) is 0.562. The van der Waals surface area contributed by atoms with Gasteiger partial charge in [-0.1, -0.05) is 38.0 Å². The van der Waals surface area contributed by atoms with Crippen LogP contribution >= 0.6 is 0 Å². The molecule has 27 heavy (non-hydrogen) atoms. The Balaban J connectivity index is 4.79. The van der Waals surface area contributed by atoms with E-state index in [1.54, 1.807) is 5.43 Å². The monoisotopic (exact) mass is 378 g/mol. The number of hydrogen-bond donors (Lipinski definition) is 4. The number of carbonyl (C=O) groups is 2. The molecule has 2 amide bonds. The zero-order valence-electron chi connectivity index (χ0n) is 15.7. The summed E-state index contributed by atoms with van der Waals surface area (Å²) in [4.78, 5) is 38.3. The van der Waals surface area contributed by atoms with Crippen molar-refractivity contribution in [2.75, 3.05) is 6.54 Å². The van der Waals surface area contributed by atoms with Crippen LogP contribution in [0.1, 0.15) is 33.1 Å². The van der Waals surface area contributed by atoms with Crippen molar-refractivity contribution in [1.82, 2.24) is 16.1 Å². The molecule has 148 valence electrons. The highest BCUT2D eigenvalue weighted by Crippen LogP contribution is 2.04. The summed E-state index contributed by atoms with van der Waals surface area (Å²) < 4.78 is 0. The van der Waals surface area contributed by atoms with Crippen LogP contribution in [0.2, 0.25) is 0 Å². The second-order valence-electron chi connectivity index (χ2n) is 6.18. The number of allylic oxidation sites excluding steroid dienone is 2. The van der Waals surface area contributed by atoms with Crippen LogP contribution in [-0.2, 0) is 9.59 Å². The van der Waals surface area contributed by atoms with E-state index in [0.717, 1.165) is 0 Å². The summed E-state index contributed by atoms with van der Waals surface area (Å²) in [6.45, 7) is 7.57. The summed E-state index contributed by atoms with van der Waals surface area (Å²) in [5.41, 5.74) is 7.03. The number of carbonyl (C=O) groups excluding carboxylic acids is 2. The Morgan fingerprint density at radius 2 is 2.04 bits per heavy atom. The molecule has 0 fully saturated rings. The molecule has 0 aliphatic rings. The van der Waals surface area contributed by atoms with Gasteiger partial charge < -0.3 is 16.4 Å². The Hall–Kier alpha value is -2.85. The van der Waals surface area contributed by atoms with Gasteiger partial charge in [-0.25, -0.2) is 15.1 Å². The standard InChI is InChI=1S/C16H27BN6O4/c1-4-5-8-14(24)20-12(15(25)21-13(17)10-11(2)3)7-6-9-19-16(18)22-23(26)27/h4-5,8,11-13H,1,6-7,9-10H2,2-3H3,(H,20,24)(H,21,25)(H3,18,19,22)/t12-,13-/m0/s1. The lowest BCUT2D eigenvalue weighted by atomic mass is 9.88. The molecule has 5 N–H and O–H groups in total. The highest BCUT2D eigenvalue weighted by atomic mass is 16.7. The minimum absolute atomic E-state index is 0.146. The summed E-state index contributed by atoms with van der Waals surface area (Å²) in [5, 5.41) is 14.7. The van der Waals surface area contributed by atoms with Crippen molar-refractivity contribution in [1.29, 1.82) is 0 Å². The van der Waals surface area contributed by atoms with Crippen LogP contribution in [0.25, 0.3) is 0 Å². The van der Waals surface area contributed by atoms with Crippen molar-refractivity contribution in [2.45, 2.75) is 45.1 Å². The van der Waals surface area contributed by atoms with E-state index < -0.39 is 28.8 Å². The fourth-order valence-electron chi connectivity index (χ4n) is 2.12. The minimum Gasteiger partial charge on any atom is -0.365 e. The third kappa shape index (κ3) is 13.1. The van der Waals surface area contributed by atoms with Crippen LogP contribution in [0.15, 0.2) is 29.8 Å². The van der Waals surface area contributed by atoms with Gasteiger partial charge in [0.2, 0.25) is 11.8 Å². The summed E-state index contributed by atoms with van der Waals surface area (Å²) in [6.07, 6.45) is 5.34. The predicted molar refractivity (Wildman–Crippen MR) is 104 cm³/mol. The van der Waals surface area contributed by atoms with E-state index in [9.17, 15) is 19.7 Å². The normalized spacial score (nSPS) is 13.8. The van der Waals surface area contributed by atoms with Crippen LogP contribution in [-0.4, -0.2) is 49.2 Å². The minimum atomic E-state index is -0.829. The zero-order chi connectivity index (χ0) is 20.8. The molecule has 11 heteroatoms. The Morgan fingerprint density at radius 1 is 1.37 bits per heavy atom. The van der Waals surface area contributed by atoms with Gasteiger partial charge >= 0.3 is 0 Å². The number of amides is 2.